The van der Waals surface area contributed by atoms with Crippen LogP contribution in [-0.2, 0) is 19.6 Å². The Kier molecular flexibility index (Phi) is 4.53. The van der Waals surface area contributed by atoms with Crippen molar-refractivity contribution in [1.82, 2.24) is 15.1 Å². The van der Waals surface area contributed by atoms with Crippen LogP contribution >= 0.6 is 0 Å². The van der Waals surface area contributed by atoms with Gasteiger partial charge < -0.3 is 11.1 Å². The molecule has 0 atom stereocenters. The minimum atomic E-state index is -0.102. The van der Waals surface area contributed by atoms with Gasteiger partial charge in [-0.1, -0.05) is 24.3 Å². The van der Waals surface area contributed by atoms with Gasteiger partial charge in [-0.2, -0.15) is 5.10 Å². The molecule has 0 saturated carbocycles. The molecule has 0 bridgehead atoms. The standard InChI is InChI=1S/C15H20N4O/c1-3-19-14(8-11(2)18-19)15(20)17-10-13-6-4-12(9-16)5-7-13/h4-8H,3,9-10,16H2,1-2H3,(H,17,20). The van der Waals surface area contributed by atoms with Gasteiger partial charge in [0, 0.05) is 19.6 Å². The van der Waals surface area contributed by atoms with Gasteiger partial charge in [-0.3, -0.25) is 9.48 Å². The lowest BCUT2D eigenvalue weighted by atomic mass is 10.1. The molecule has 0 aliphatic carbocycles. The van der Waals surface area contributed by atoms with Crippen molar-refractivity contribution in [1.29, 1.82) is 0 Å². The topological polar surface area (TPSA) is 72.9 Å². The van der Waals surface area contributed by atoms with E-state index in [1.807, 2.05) is 38.1 Å². The van der Waals surface area contributed by atoms with Gasteiger partial charge >= 0.3 is 0 Å². The van der Waals surface area contributed by atoms with E-state index in [1.165, 1.54) is 0 Å². The summed E-state index contributed by atoms with van der Waals surface area (Å²) in [6, 6.07) is 9.70. The number of nitrogens with two attached hydrogens (primary N) is 1. The van der Waals surface area contributed by atoms with Crippen LogP contribution in [0.5, 0.6) is 0 Å². The van der Waals surface area contributed by atoms with Crippen molar-refractivity contribution in [2.45, 2.75) is 33.5 Å². The first-order chi connectivity index (χ1) is 9.63. The first-order valence-corrected chi connectivity index (χ1v) is 6.74. The van der Waals surface area contributed by atoms with Crippen LogP contribution in [0.1, 0.15) is 34.2 Å². The third kappa shape index (κ3) is 3.24. The van der Waals surface area contributed by atoms with Crippen LogP contribution in [-0.4, -0.2) is 15.7 Å². The van der Waals surface area contributed by atoms with Gasteiger partial charge in [0.1, 0.15) is 5.69 Å². The number of nitrogens with zero attached hydrogens (tertiary/aromatic N) is 2. The Hall–Kier alpha value is -2.14. The highest BCUT2D eigenvalue weighted by molar-refractivity contribution is 5.92. The van der Waals surface area contributed by atoms with Gasteiger partial charge in [0.05, 0.1) is 5.69 Å². The molecule has 0 unspecified atom stereocenters. The molecule has 2 aromatic rings. The molecule has 3 N–H and O–H groups in total. The SMILES string of the molecule is CCn1nc(C)cc1C(=O)NCc1ccc(CN)cc1. The molecule has 2 rings (SSSR count). The molecule has 0 saturated heterocycles. The molecule has 0 aliphatic heterocycles. The van der Waals surface area contributed by atoms with Crippen molar-refractivity contribution >= 4 is 5.91 Å². The number of hydrogen-bond acceptors (Lipinski definition) is 3. The first kappa shape index (κ1) is 14.3. The fraction of sp³-hybridized carbons (Fsp3) is 0.333. The molecule has 1 aromatic carbocycles. The Morgan fingerprint density at radius 1 is 1.30 bits per heavy atom. The maximum absolute atomic E-state index is 12.1. The maximum atomic E-state index is 12.1. The third-order valence-electron chi connectivity index (χ3n) is 3.15. The average Bonchev–Trinajstić information content (AvgIpc) is 2.86. The molecule has 0 spiro atoms. The summed E-state index contributed by atoms with van der Waals surface area (Å²) in [7, 11) is 0. The lowest BCUT2D eigenvalue weighted by molar-refractivity contribution is 0.0940. The van der Waals surface area contributed by atoms with Crippen molar-refractivity contribution in [3.05, 3.63) is 52.8 Å². The zero-order chi connectivity index (χ0) is 14.5. The molecule has 0 radical (unpaired) electrons. The summed E-state index contributed by atoms with van der Waals surface area (Å²) in [5, 5.41) is 7.18. The van der Waals surface area contributed by atoms with E-state index >= 15 is 0 Å². The smallest absolute Gasteiger partial charge is 0.269 e. The second-order valence-electron chi connectivity index (χ2n) is 4.69. The van der Waals surface area contributed by atoms with Crippen LogP contribution in [0.15, 0.2) is 30.3 Å². The predicted octanol–water partition coefficient (Wildman–Crippen LogP) is 1.60. The number of aromatic nitrogens is 2. The Morgan fingerprint density at radius 3 is 2.55 bits per heavy atom. The Morgan fingerprint density at radius 2 is 1.95 bits per heavy atom. The molecule has 0 aliphatic rings. The van der Waals surface area contributed by atoms with Crippen molar-refractivity contribution in [3.8, 4) is 0 Å². The number of carbonyl (C=O) groups excluding carboxylic acids is 1. The summed E-state index contributed by atoms with van der Waals surface area (Å²) in [5.41, 5.74) is 9.14. The highest BCUT2D eigenvalue weighted by Gasteiger charge is 2.12. The van der Waals surface area contributed by atoms with Crippen LogP contribution in [0.25, 0.3) is 0 Å². The van der Waals surface area contributed by atoms with E-state index < -0.39 is 0 Å². The normalized spacial score (nSPS) is 10.6. The average molecular weight is 272 g/mol. The van der Waals surface area contributed by atoms with Gasteiger partial charge in [0.15, 0.2) is 0 Å². The Labute approximate surface area is 118 Å². The van der Waals surface area contributed by atoms with E-state index in [0.717, 1.165) is 16.8 Å². The highest BCUT2D eigenvalue weighted by Crippen LogP contribution is 2.06. The van der Waals surface area contributed by atoms with Gasteiger partial charge in [0.25, 0.3) is 5.91 Å². The van der Waals surface area contributed by atoms with Crippen LogP contribution in [0.2, 0.25) is 0 Å². The van der Waals surface area contributed by atoms with Crippen molar-refractivity contribution in [2.24, 2.45) is 5.73 Å². The quantitative estimate of drug-likeness (QED) is 0.868. The van der Waals surface area contributed by atoms with E-state index in [2.05, 4.69) is 10.4 Å². The second kappa shape index (κ2) is 6.34. The summed E-state index contributed by atoms with van der Waals surface area (Å²) < 4.78 is 1.71. The summed E-state index contributed by atoms with van der Waals surface area (Å²) in [6.07, 6.45) is 0. The molecule has 0 fully saturated rings. The van der Waals surface area contributed by atoms with Gasteiger partial charge in [-0.05, 0) is 31.0 Å². The summed E-state index contributed by atoms with van der Waals surface area (Å²) in [5.74, 6) is -0.102. The molecular formula is C15H20N4O. The van der Waals surface area contributed by atoms with Crippen LogP contribution in [0.4, 0.5) is 0 Å². The fourth-order valence-corrected chi connectivity index (χ4v) is 2.04. The van der Waals surface area contributed by atoms with Gasteiger partial charge in [-0.25, -0.2) is 0 Å². The number of nitrogens with one attached hydrogen (secondary N) is 1. The van der Waals surface area contributed by atoms with Crippen molar-refractivity contribution in [2.75, 3.05) is 0 Å². The van der Waals surface area contributed by atoms with Gasteiger partial charge in [0.2, 0.25) is 0 Å². The largest absolute Gasteiger partial charge is 0.347 e. The number of hydrogen-bond donors (Lipinski definition) is 2. The van der Waals surface area contributed by atoms with Crippen LogP contribution in [0.3, 0.4) is 0 Å². The molecule has 5 heteroatoms. The van der Waals surface area contributed by atoms with E-state index in [-0.39, 0.29) is 5.91 Å². The second-order valence-corrected chi connectivity index (χ2v) is 4.69. The minimum absolute atomic E-state index is 0.102. The molecule has 1 aromatic heterocycles. The molecule has 1 amide bonds. The third-order valence-corrected chi connectivity index (χ3v) is 3.15. The van der Waals surface area contributed by atoms with Gasteiger partial charge in [-0.15, -0.1) is 0 Å². The Bertz CT molecular complexity index is 586. The fourth-order valence-electron chi connectivity index (χ4n) is 2.04. The predicted molar refractivity (Wildman–Crippen MR) is 78.1 cm³/mol. The monoisotopic (exact) mass is 272 g/mol. The summed E-state index contributed by atoms with van der Waals surface area (Å²) >= 11 is 0. The molecule has 106 valence electrons. The zero-order valence-electron chi connectivity index (χ0n) is 11.9. The van der Waals surface area contributed by atoms with Crippen LogP contribution < -0.4 is 11.1 Å². The number of amides is 1. The van der Waals surface area contributed by atoms with Crippen molar-refractivity contribution in [3.63, 3.8) is 0 Å². The first-order valence-electron chi connectivity index (χ1n) is 6.74. The zero-order valence-corrected chi connectivity index (χ0v) is 11.9. The Balaban J connectivity index is 2.00. The maximum Gasteiger partial charge on any atom is 0.269 e. The highest BCUT2D eigenvalue weighted by atomic mass is 16.2. The number of aryl methyl sites for hydroxylation is 2. The molecular weight excluding hydrogens is 252 g/mol. The molecule has 5 nitrogen and oxygen atoms in total. The van der Waals surface area contributed by atoms with E-state index in [9.17, 15) is 4.79 Å². The summed E-state index contributed by atoms with van der Waals surface area (Å²) in [4.78, 5) is 12.1. The van der Waals surface area contributed by atoms with E-state index in [4.69, 9.17) is 5.73 Å². The van der Waals surface area contributed by atoms with E-state index in [1.54, 1.807) is 10.7 Å². The van der Waals surface area contributed by atoms with Crippen LogP contribution in [0, 0.1) is 6.92 Å². The van der Waals surface area contributed by atoms with Crippen molar-refractivity contribution < 1.29 is 4.79 Å². The summed E-state index contributed by atoms with van der Waals surface area (Å²) in [6.45, 7) is 5.56. The lowest BCUT2D eigenvalue weighted by Gasteiger charge is -2.07. The number of carbonyl (C=O) groups is 1. The molecule has 20 heavy (non-hydrogen) atoms. The molecule has 1 heterocycles. The lowest BCUT2D eigenvalue weighted by Crippen LogP contribution is -2.25. The number of rotatable bonds is 5. The minimum Gasteiger partial charge on any atom is -0.347 e. The van der Waals surface area contributed by atoms with E-state index in [0.29, 0.717) is 25.3 Å². The number of benzene rings is 1.